The van der Waals surface area contributed by atoms with Gasteiger partial charge in [-0.25, -0.2) is 0 Å². The first-order valence-corrected chi connectivity index (χ1v) is 6.30. The van der Waals surface area contributed by atoms with Gasteiger partial charge in [-0.15, -0.1) is 0 Å². The number of hydrogen-bond acceptors (Lipinski definition) is 2. The van der Waals surface area contributed by atoms with Gasteiger partial charge in [-0.3, -0.25) is 4.79 Å². The van der Waals surface area contributed by atoms with Crippen molar-refractivity contribution in [2.24, 2.45) is 0 Å². The fourth-order valence-corrected chi connectivity index (χ4v) is 2.31. The minimum absolute atomic E-state index is 0.190. The van der Waals surface area contributed by atoms with Crippen molar-refractivity contribution in [1.29, 1.82) is 5.26 Å². The number of nitrogens with zero attached hydrogens (tertiary/aromatic N) is 2. The summed E-state index contributed by atoms with van der Waals surface area (Å²) in [5, 5.41) is 8.93. The van der Waals surface area contributed by atoms with E-state index in [1.54, 1.807) is 10.6 Å². The summed E-state index contributed by atoms with van der Waals surface area (Å²) in [6.07, 6.45) is 0. The molecule has 0 unspecified atom stereocenters. The van der Waals surface area contributed by atoms with Gasteiger partial charge >= 0.3 is 0 Å². The molecular weight excluding hydrogens is 236 g/mol. The Bertz CT molecular complexity index is 721. The van der Waals surface area contributed by atoms with E-state index in [4.69, 9.17) is 5.26 Å². The van der Waals surface area contributed by atoms with E-state index in [9.17, 15) is 4.79 Å². The third-order valence-corrected chi connectivity index (χ3v) is 3.27. The Labute approximate surface area is 112 Å². The Hall–Kier alpha value is -2.34. The smallest absolute Gasteiger partial charge is 0.268 e. The highest BCUT2D eigenvalue weighted by Crippen LogP contribution is 2.23. The normalized spacial score (nSPS) is 10.2. The SMILES string of the molecule is CCn1c(-c2ccc(C)cc2C)ccc(C#N)c1=O. The van der Waals surface area contributed by atoms with Crippen LogP contribution in [0.4, 0.5) is 0 Å². The number of pyridine rings is 1. The molecule has 0 bridgehead atoms. The predicted molar refractivity (Wildman–Crippen MR) is 76.0 cm³/mol. The maximum atomic E-state index is 12.1. The van der Waals surface area contributed by atoms with E-state index >= 15 is 0 Å². The highest BCUT2D eigenvalue weighted by Gasteiger charge is 2.10. The molecular formula is C16H16N2O. The van der Waals surface area contributed by atoms with Gasteiger partial charge in [-0.05, 0) is 38.5 Å². The van der Waals surface area contributed by atoms with Gasteiger partial charge in [-0.2, -0.15) is 5.26 Å². The zero-order chi connectivity index (χ0) is 14.0. The minimum atomic E-state index is -0.220. The largest absolute Gasteiger partial charge is 0.307 e. The molecule has 0 aliphatic rings. The van der Waals surface area contributed by atoms with Crippen LogP contribution >= 0.6 is 0 Å². The van der Waals surface area contributed by atoms with Crippen molar-refractivity contribution in [3.05, 3.63) is 57.4 Å². The number of hydrogen-bond donors (Lipinski definition) is 0. The highest BCUT2D eigenvalue weighted by atomic mass is 16.1. The molecule has 0 saturated heterocycles. The standard InChI is InChI=1S/C16H16N2O/c1-4-18-15(8-6-13(10-17)16(18)19)14-7-5-11(2)9-12(14)3/h5-9H,4H2,1-3H3. The molecule has 0 N–H and O–H groups in total. The Morgan fingerprint density at radius 1 is 1.21 bits per heavy atom. The van der Waals surface area contributed by atoms with Crippen LogP contribution in [0.15, 0.2) is 35.1 Å². The number of nitriles is 1. The first-order chi connectivity index (χ1) is 9.08. The summed E-state index contributed by atoms with van der Waals surface area (Å²) in [6.45, 7) is 6.54. The molecule has 0 amide bonds. The van der Waals surface area contributed by atoms with Gasteiger partial charge in [0.1, 0.15) is 11.6 Å². The van der Waals surface area contributed by atoms with E-state index in [2.05, 4.69) is 6.07 Å². The van der Waals surface area contributed by atoms with Crippen LogP contribution in [0, 0.1) is 25.2 Å². The second-order valence-electron chi connectivity index (χ2n) is 4.61. The zero-order valence-corrected chi connectivity index (χ0v) is 11.4. The van der Waals surface area contributed by atoms with Crippen molar-refractivity contribution in [2.45, 2.75) is 27.3 Å². The second kappa shape index (κ2) is 5.11. The van der Waals surface area contributed by atoms with Gasteiger partial charge in [0.25, 0.3) is 5.56 Å². The Morgan fingerprint density at radius 2 is 1.95 bits per heavy atom. The molecule has 19 heavy (non-hydrogen) atoms. The molecule has 0 fully saturated rings. The van der Waals surface area contributed by atoms with Crippen LogP contribution < -0.4 is 5.56 Å². The summed E-state index contributed by atoms with van der Waals surface area (Å²) in [7, 11) is 0. The Balaban J connectivity index is 2.73. The van der Waals surface area contributed by atoms with Crippen molar-refractivity contribution < 1.29 is 0 Å². The second-order valence-corrected chi connectivity index (χ2v) is 4.61. The predicted octanol–water partition coefficient (Wildman–Crippen LogP) is 3.02. The molecule has 2 rings (SSSR count). The van der Waals surface area contributed by atoms with E-state index in [0.29, 0.717) is 6.54 Å². The van der Waals surface area contributed by atoms with Crippen LogP contribution in [0.25, 0.3) is 11.3 Å². The summed E-state index contributed by atoms with van der Waals surface area (Å²) < 4.78 is 1.65. The molecule has 2 aromatic rings. The Kier molecular flexibility index (Phi) is 3.52. The molecule has 96 valence electrons. The van der Waals surface area contributed by atoms with Crippen LogP contribution in [0.2, 0.25) is 0 Å². The lowest BCUT2D eigenvalue weighted by molar-refractivity contribution is 0.733. The van der Waals surface area contributed by atoms with E-state index in [0.717, 1.165) is 16.8 Å². The van der Waals surface area contributed by atoms with Crippen molar-refractivity contribution in [3.63, 3.8) is 0 Å². The van der Waals surface area contributed by atoms with Crippen molar-refractivity contribution >= 4 is 0 Å². The summed E-state index contributed by atoms with van der Waals surface area (Å²) in [5.74, 6) is 0. The van der Waals surface area contributed by atoms with E-state index in [1.165, 1.54) is 5.56 Å². The average Bonchev–Trinajstić information content (AvgIpc) is 2.38. The molecule has 0 aliphatic carbocycles. The number of rotatable bonds is 2. The molecule has 0 spiro atoms. The molecule has 0 saturated carbocycles. The minimum Gasteiger partial charge on any atom is -0.307 e. The van der Waals surface area contributed by atoms with Crippen LogP contribution in [-0.2, 0) is 6.54 Å². The van der Waals surface area contributed by atoms with Gasteiger partial charge in [0.15, 0.2) is 0 Å². The van der Waals surface area contributed by atoms with E-state index in [1.807, 2.05) is 45.0 Å². The monoisotopic (exact) mass is 252 g/mol. The number of benzene rings is 1. The Morgan fingerprint density at radius 3 is 2.53 bits per heavy atom. The number of aromatic nitrogens is 1. The van der Waals surface area contributed by atoms with Gasteiger partial charge in [0, 0.05) is 12.1 Å². The molecule has 0 radical (unpaired) electrons. The lowest BCUT2D eigenvalue weighted by atomic mass is 10.0. The third kappa shape index (κ3) is 2.30. The molecule has 3 nitrogen and oxygen atoms in total. The highest BCUT2D eigenvalue weighted by molar-refractivity contribution is 5.65. The third-order valence-electron chi connectivity index (χ3n) is 3.27. The van der Waals surface area contributed by atoms with Gasteiger partial charge in [0.05, 0.1) is 5.69 Å². The topological polar surface area (TPSA) is 45.8 Å². The number of aryl methyl sites for hydroxylation is 2. The van der Waals surface area contributed by atoms with Crippen LogP contribution in [0.3, 0.4) is 0 Å². The lowest BCUT2D eigenvalue weighted by Crippen LogP contribution is -2.23. The van der Waals surface area contributed by atoms with Crippen LogP contribution in [0.5, 0.6) is 0 Å². The maximum absolute atomic E-state index is 12.1. The fourth-order valence-electron chi connectivity index (χ4n) is 2.31. The summed E-state index contributed by atoms with van der Waals surface area (Å²) >= 11 is 0. The first-order valence-electron chi connectivity index (χ1n) is 6.30. The summed E-state index contributed by atoms with van der Waals surface area (Å²) in [6, 6.07) is 11.5. The molecule has 1 aromatic carbocycles. The van der Waals surface area contributed by atoms with Gasteiger partial charge < -0.3 is 4.57 Å². The zero-order valence-electron chi connectivity index (χ0n) is 11.4. The first kappa shape index (κ1) is 13.1. The summed E-state index contributed by atoms with van der Waals surface area (Å²) in [5.41, 5.74) is 4.20. The molecule has 1 heterocycles. The molecule has 3 heteroatoms. The van der Waals surface area contributed by atoms with Gasteiger partial charge in [-0.1, -0.05) is 23.8 Å². The van der Waals surface area contributed by atoms with E-state index in [-0.39, 0.29) is 11.1 Å². The fraction of sp³-hybridized carbons (Fsp3) is 0.250. The van der Waals surface area contributed by atoms with Crippen molar-refractivity contribution in [2.75, 3.05) is 0 Å². The van der Waals surface area contributed by atoms with Crippen molar-refractivity contribution in [3.8, 4) is 17.3 Å². The maximum Gasteiger partial charge on any atom is 0.268 e. The molecule has 1 aromatic heterocycles. The molecule has 0 atom stereocenters. The lowest BCUT2D eigenvalue weighted by Gasteiger charge is -2.14. The molecule has 0 aliphatic heterocycles. The summed E-state index contributed by atoms with van der Waals surface area (Å²) in [4.78, 5) is 12.1. The van der Waals surface area contributed by atoms with E-state index < -0.39 is 0 Å². The van der Waals surface area contributed by atoms with Crippen molar-refractivity contribution in [1.82, 2.24) is 4.57 Å². The average molecular weight is 252 g/mol. The van der Waals surface area contributed by atoms with Crippen LogP contribution in [0.1, 0.15) is 23.6 Å². The van der Waals surface area contributed by atoms with Gasteiger partial charge in [0.2, 0.25) is 0 Å². The van der Waals surface area contributed by atoms with Crippen LogP contribution in [-0.4, -0.2) is 4.57 Å². The quantitative estimate of drug-likeness (QED) is 0.824.